The van der Waals surface area contributed by atoms with Gasteiger partial charge in [0.15, 0.2) is 0 Å². The normalized spacial score (nSPS) is 17.4. The number of hydrogen-bond acceptors (Lipinski definition) is 4. The van der Waals surface area contributed by atoms with Crippen LogP contribution < -0.4 is 0 Å². The molecule has 4 heteroatoms. The highest BCUT2D eigenvalue weighted by molar-refractivity contribution is 5.72. The van der Waals surface area contributed by atoms with Gasteiger partial charge in [-0.25, -0.2) is 4.79 Å². The van der Waals surface area contributed by atoms with Gasteiger partial charge < -0.3 is 9.64 Å². The molecule has 0 radical (unpaired) electrons. The molecule has 0 aromatic heterocycles. The maximum absolute atomic E-state index is 11.3. The Balaban J connectivity index is 2.35. The van der Waals surface area contributed by atoms with Crippen LogP contribution >= 0.6 is 0 Å². The van der Waals surface area contributed by atoms with Crippen LogP contribution in [-0.4, -0.2) is 36.5 Å². The third-order valence-electron chi connectivity index (χ3n) is 2.38. The average Bonchev–Trinajstić information content (AvgIpc) is 2.20. The van der Waals surface area contributed by atoms with Crippen LogP contribution in [0.3, 0.4) is 0 Å². The van der Waals surface area contributed by atoms with E-state index in [1.165, 1.54) is 6.20 Å². The molecule has 0 amide bonds. The van der Waals surface area contributed by atoms with Crippen molar-refractivity contribution in [1.82, 2.24) is 4.90 Å². The largest absolute Gasteiger partial charge is 0.466 e. The summed E-state index contributed by atoms with van der Waals surface area (Å²) in [6.07, 6.45) is 2.93. The molecular weight excluding hydrogens is 182 g/mol. The topological polar surface area (TPSA) is 46.6 Å². The van der Waals surface area contributed by atoms with E-state index >= 15 is 0 Å². The van der Waals surface area contributed by atoms with E-state index in [2.05, 4.69) is 0 Å². The molecule has 0 spiro atoms. The molecule has 1 aliphatic rings. The second-order valence-electron chi connectivity index (χ2n) is 3.31. The lowest BCUT2D eigenvalue weighted by molar-refractivity contribution is -0.149. The van der Waals surface area contributed by atoms with Crippen molar-refractivity contribution >= 4 is 11.9 Å². The van der Waals surface area contributed by atoms with E-state index in [1.54, 1.807) is 5.94 Å². The highest BCUT2D eigenvalue weighted by Crippen LogP contribution is 2.18. The van der Waals surface area contributed by atoms with Gasteiger partial charge in [-0.3, -0.25) is 4.79 Å². The molecule has 1 rings (SSSR count). The molecule has 0 aromatic carbocycles. The van der Waals surface area contributed by atoms with Gasteiger partial charge in [-0.1, -0.05) is 0 Å². The molecule has 0 saturated carbocycles. The zero-order valence-corrected chi connectivity index (χ0v) is 8.36. The van der Waals surface area contributed by atoms with Crippen molar-refractivity contribution in [2.75, 3.05) is 19.7 Å². The molecule has 78 valence electrons. The van der Waals surface area contributed by atoms with Crippen molar-refractivity contribution in [3.05, 3.63) is 6.20 Å². The summed E-state index contributed by atoms with van der Waals surface area (Å²) in [6.45, 7) is 3.72. The third-order valence-corrected chi connectivity index (χ3v) is 2.38. The van der Waals surface area contributed by atoms with E-state index in [1.807, 2.05) is 11.8 Å². The van der Waals surface area contributed by atoms with Gasteiger partial charge in [0.1, 0.15) is 5.94 Å². The summed E-state index contributed by atoms with van der Waals surface area (Å²) in [7, 11) is 0. The maximum Gasteiger partial charge on any atom is 0.309 e. The number of carbonyl (C=O) groups excluding carboxylic acids is 2. The fourth-order valence-electron chi connectivity index (χ4n) is 1.60. The van der Waals surface area contributed by atoms with E-state index in [9.17, 15) is 9.59 Å². The zero-order chi connectivity index (χ0) is 10.4. The number of carbonyl (C=O) groups is 1. The van der Waals surface area contributed by atoms with Gasteiger partial charge >= 0.3 is 5.97 Å². The summed E-state index contributed by atoms with van der Waals surface area (Å²) >= 11 is 0. The number of ether oxygens (including phenoxy) is 1. The van der Waals surface area contributed by atoms with Crippen LogP contribution in [0.25, 0.3) is 0 Å². The molecule has 1 saturated heterocycles. The van der Waals surface area contributed by atoms with Gasteiger partial charge in [0.05, 0.1) is 18.7 Å². The summed E-state index contributed by atoms with van der Waals surface area (Å²) in [4.78, 5) is 23.3. The Morgan fingerprint density at radius 3 is 2.71 bits per heavy atom. The van der Waals surface area contributed by atoms with Gasteiger partial charge in [-0.2, -0.15) is 0 Å². The first kappa shape index (κ1) is 10.8. The smallest absolute Gasteiger partial charge is 0.309 e. The second kappa shape index (κ2) is 5.45. The molecule has 0 atom stereocenters. The molecule has 0 aromatic rings. The first-order valence-electron chi connectivity index (χ1n) is 4.89. The minimum absolute atomic E-state index is 0.00579. The van der Waals surface area contributed by atoms with Crippen LogP contribution in [0.15, 0.2) is 6.20 Å². The summed E-state index contributed by atoms with van der Waals surface area (Å²) in [5.74, 6) is 1.64. The molecule has 1 aliphatic heterocycles. The molecule has 0 bridgehead atoms. The van der Waals surface area contributed by atoms with Crippen LogP contribution in [-0.2, 0) is 14.3 Å². The van der Waals surface area contributed by atoms with Gasteiger partial charge in [0.2, 0.25) is 0 Å². The fourth-order valence-corrected chi connectivity index (χ4v) is 1.60. The number of likely N-dealkylation sites (tertiary alicyclic amines) is 1. The number of nitrogens with zero attached hydrogens (tertiary/aromatic N) is 1. The molecule has 1 heterocycles. The predicted molar refractivity (Wildman–Crippen MR) is 51.2 cm³/mol. The number of esters is 1. The molecule has 1 fully saturated rings. The number of rotatable bonds is 3. The standard InChI is InChI=1S/C10H15NO3/c1-2-14-10(13)9-3-5-11(6-4-9)7-8-12/h7,9H,2-6H2,1H3. The van der Waals surface area contributed by atoms with Crippen molar-refractivity contribution in [3.8, 4) is 0 Å². The quantitative estimate of drug-likeness (QED) is 0.491. The fraction of sp³-hybridized carbons (Fsp3) is 0.700. The Hall–Kier alpha value is -1.28. The van der Waals surface area contributed by atoms with Gasteiger partial charge in [0.25, 0.3) is 0 Å². The minimum atomic E-state index is -0.109. The van der Waals surface area contributed by atoms with Crippen LogP contribution in [0.2, 0.25) is 0 Å². The third kappa shape index (κ3) is 2.89. The van der Waals surface area contributed by atoms with Gasteiger partial charge in [-0.05, 0) is 19.8 Å². The molecular formula is C10H15NO3. The van der Waals surface area contributed by atoms with Crippen molar-refractivity contribution in [3.63, 3.8) is 0 Å². The van der Waals surface area contributed by atoms with E-state index in [0.717, 1.165) is 25.9 Å². The number of hydrogen-bond donors (Lipinski definition) is 0. The molecule has 0 N–H and O–H groups in total. The lowest BCUT2D eigenvalue weighted by Gasteiger charge is -2.28. The Bertz CT molecular complexity index is 238. The van der Waals surface area contributed by atoms with Crippen LogP contribution in [0.5, 0.6) is 0 Å². The molecule has 4 nitrogen and oxygen atoms in total. The number of piperidine rings is 1. The van der Waals surface area contributed by atoms with Crippen LogP contribution in [0, 0.1) is 5.92 Å². The van der Waals surface area contributed by atoms with Gasteiger partial charge in [-0.15, -0.1) is 0 Å². The van der Waals surface area contributed by atoms with E-state index in [-0.39, 0.29) is 11.9 Å². The summed E-state index contributed by atoms with van der Waals surface area (Å²) in [5, 5.41) is 0. The lowest BCUT2D eigenvalue weighted by atomic mass is 9.97. The van der Waals surface area contributed by atoms with E-state index in [4.69, 9.17) is 4.74 Å². The second-order valence-corrected chi connectivity index (χ2v) is 3.31. The minimum Gasteiger partial charge on any atom is -0.466 e. The Labute approximate surface area is 83.5 Å². The maximum atomic E-state index is 11.3. The van der Waals surface area contributed by atoms with Crippen molar-refractivity contribution in [1.29, 1.82) is 0 Å². The van der Waals surface area contributed by atoms with Crippen molar-refractivity contribution in [2.45, 2.75) is 19.8 Å². The van der Waals surface area contributed by atoms with Crippen molar-refractivity contribution in [2.24, 2.45) is 5.92 Å². The Morgan fingerprint density at radius 2 is 2.21 bits per heavy atom. The van der Waals surface area contributed by atoms with Crippen LogP contribution in [0.4, 0.5) is 0 Å². The summed E-state index contributed by atoms with van der Waals surface area (Å²) < 4.78 is 4.93. The summed E-state index contributed by atoms with van der Waals surface area (Å²) in [5.41, 5.74) is 0. The first-order valence-corrected chi connectivity index (χ1v) is 4.89. The summed E-state index contributed by atoms with van der Waals surface area (Å²) in [6, 6.07) is 0. The van der Waals surface area contributed by atoms with E-state index < -0.39 is 0 Å². The predicted octanol–water partition coefficient (Wildman–Crippen LogP) is 0.607. The Kier molecular flexibility index (Phi) is 4.20. The highest BCUT2D eigenvalue weighted by Gasteiger charge is 2.24. The molecule has 0 unspecified atom stereocenters. The zero-order valence-electron chi connectivity index (χ0n) is 8.36. The monoisotopic (exact) mass is 197 g/mol. The highest BCUT2D eigenvalue weighted by atomic mass is 16.5. The molecule has 14 heavy (non-hydrogen) atoms. The SMILES string of the molecule is CCOC(=O)C1CCN(C=C=O)CC1. The van der Waals surface area contributed by atoms with E-state index in [0.29, 0.717) is 6.61 Å². The van der Waals surface area contributed by atoms with Gasteiger partial charge in [0, 0.05) is 13.1 Å². The lowest BCUT2D eigenvalue weighted by Crippen LogP contribution is -2.33. The first-order chi connectivity index (χ1) is 6.77. The Morgan fingerprint density at radius 1 is 1.57 bits per heavy atom. The van der Waals surface area contributed by atoms with Crippen LogP contribution in [0.1, 0.15) is 19.8 Å². The average molecular weight is 197 g/mol. The molecule has 0 aliphatic carbocycles. The van der Waals surface area contributed by atoms with Crippen molar-refractivity contribution < 1.29 is 14.3 Å².